The monoisotopic (exact) mass is 336 g/mol. The molecular formula is C15H17FN4O4. The van der Waals surface area contributed by atoms with E-state index >= 15 is 0 Å². The molecule has 2 aliphatic heterocycles. The van der Waals surface area contributed by atoms with Gasteiger partial charge in [-0.2, -0.15) is 4.91 Å². The third kappa shape index (κ3) is 3.01. The van der Waals surface area contributed by atoms with E-state index in [1.54, 1.807) is 17.0 Å². The van der Waals surface area contributed by atoms with Crippen LogP contribution in [0, 0.1) is 10.7 Å². The van der Waals surface area contributed by atoms with E-state index in [1.807, 2.05) is 0 Å². The van der Waals surface area contributed by atoms with Crippen molar-refractivity contribution in [1.82, 2.24) is 5.32 Å². The number of nitrogens with one attached hydrogen (secondary N) is 1. The molecule has 2 amide bonds. The van der Waals surface area contributed by atoms with Crippen molar-refractivity contribution in [2.75, 3.05) is 36.0 Å². The second-order valence-corrected chi connectivity index (χ2v) is 5.84. The molecule has 2 aliphatic rings. The Bertz CT molecular complexity index is 677. The molecule has 1 aromatic rings. The van der Waals surface area contributed by atoms with E-state index in [2.05, 4.69) is 10.5 Å². The lowest BCUT2D eigenvalue weighted by molar-refractivity contribution is -0.119. The lowest BCUT2D eigenvalue weighted by atomic mass is 10.1. The van der Waals surface area contributed by atoms with E-state index in [0.29, 0.717) is 24.5 Å². The summed E-state index contributed by atoms with van der Waals surface area (Å²) >= 11 is 0. The van der Waals surface area contributed by atoms with E-state index in [4.69, 9.17) is 4.74 Å². The number of rotatable bonds is 5. The Kier molecular flexibility index (Phi) is 4.32. The molecule has 0 spiro atoms. The lowest BCUT2D eigenvalue weighted by Gasteiger charge is -2.37. The number of amides is 2. The zero-order valence-corrected chi connectivity index (χ0v) is 13.1. The van der Waals surface area contributed by atoms with Gasteiger partial charge in [0.15, 0.2) is 0 Å². The van der Waals surface area contributed by atoms with Crippen molar-refractivity contribution in [2.45, 2.75) is 19.0 Å². The highest BCUT2D eigenvalue weighted by Crippen LogP contribution is 2.31. The molecule has 1 atom stereocenters. The molecule has 8 nitrogen and oxygen atoms in total. The Hall–Kier alpha value is -2.71. The number of ether oxygens (including phenoxy) is 1. The average Bonchev–Trinajstić information content (AvgIpc) is 2.86. The summed E-state index contributed by atoms with van der Waals surface area (Å²) in [5, 5.41) is 5.54. The molecular weight excluding hydrogens is 319 g/mol. The van der Waals surface area contributed by atoms with Crippen molar-refractivity contribution in [3.05, 3.63) is 28.9 Å². The van der Waals surface area contributed by atoms with Crippen LogP contribution >= 0.6 is 0 Å². The predicted molar refractivity (Wildman–Crippen MR) is 84.5 cm³/mol. The maximum atomic E-state index is 14.4. The Labute approximate surface area is 137 Å². The molecule has 9 heteroatoms. The Balaban J connectivity index is 1.75. The second-order valence-electron chi connectivity index (χ2n) is 5.84. The first-order valence-corrected chi connectivity index (χ1v) is 7.57. The third-order valence-electron chi connectivity index (χ3n) is 4.11. The fourth-order valence-electron chi connectivity index (χ4n) is 2.81. The third-order valence-corrected chi connectivity index (χ3v) is 4.11. The highest BCUT2D eigenvalue weighted by atomic mass is 19.1. The number of hydrogen-bond acceptors (Lipinski definition) is 6. The number of anilines is 2. The minimum absolute atomic E-state index is 0.126. The van der Waals surface area contributed by atoms with E-state index in [1.165, 1.54) is 17.9 Å². The summed E-state index contributed by atoms with van der Waals surface area (Å²) in [5.41, 5.74) is 0.726. The van der Waals surface area contributed by atoms with Gasteiger partial charge in [0.05, 0.1) is 17.4 Å². The summed E-state index contributed by atoms with van der Waals surface area (Å²) in [6, 6.07) is 3.74. The summed E-state index contributed by atoms with van der Waals surface area (Å²) in [7, 11) is 0. The maximum absolute atomic E-state index is 14.4. The number of nitroso groups, excluding NO2 is 1. The van der Waals surface area contributed by atoms with Crippen molar-refractivity contribution in [1.29, 1.82) is 0 Å². The normalized spacial score (nSPS) is 20.6. The van der Waals surface area contributed by atoms with Gasteiger partial charge >= 0.3 is 6.09 Å². The number of cyclic esters (lactones) is 1. The highest BCUT2D eigenvalue weighted by molar-refractivity contribution is 5.90. The van der Waals surface area contributed by atoms with Crippen LogP contribution in [0.1, 0.15) is 6.92 Å². The van der Waals surface area contributed by atoms with Crippen LogP contribution in [0.5, 0.6) is 0 Å². The van der Waals surface area contributed by atoms with Gasteiger partial charge in [0, 0.05) is 26.6 Å². The zero-order chi connectivity index (χ0) is 17.3. The summed E-state index contributed by atoms with van der Waals surface area (Å²) in [5.74, 6) is -0.707. The zero-order valence-electron chi connectivity index (χ0n) is 13.1. The summed E-state index contributed by atoms with van der Waals surface area (Å²) < 4.78 is 19.4. The Morgan fingerprint density at radius 2 is 2.21 bits per heavy atom. The van der Waals surface area contributed by atoms with Crippen LogP contribution in [0.3, 0.4) is 0 Å². The van der Waals surface area contributed by atoms with Gasteiger partial charge < -0.3 is 15.0 Å². The van der Waals surface area contributed by atoms with Crippen molar-refractivity contribution >= 4 is 23.4 Å². The molecule has 3 rings (SSSR count). The van der Waals surface area contributed by atoms with Crippen molar-refractivity contribution < 1.29 is 18.7 Å². The van der Waals surface area contributed by atoms with Gasteiger partial charge in [0.25, 0.3) is 0 Å². The fourth-order valence-corrected chi connectivity index (χ4v) is 2.81. The largest absolute Gasteiger partial charge is 0.447 e. The van der Waals surface area contributed by atoms with Gasteiger partial charge in [0.2, 0.25) is 5.91 Å². The van der Waals surface area contributed by atoms with Crippen molar-refractivity contribution in [2.24, 2.45) is 5.18 Å². The van der Waals surface area contributed by atoms with Crippen LogP contribution in [-0.2, 0) is 9.53 Å². The van der Waals surface area contributed by atoms with Crippen LogP contribution in [0.25, 0.3) is 0 Å². The van der Waals surface area contributed by atoms with E-state index in [0.717, 1.165) is 0 Å². The Morgan fingerprint density at radius 1 is 1.46 bits per heavy atom. The fraction of sp³-hybridized carbons (Fsp3) is 0.467. The molecule has 0 radical (unpaired) electrons. The first-order chi connectivity index (χ1) is 11.5. The molecule has 0 unspecified atom stereocenters. The number of nitrogens with zero attached hydrogens (tertiary/aromatic N) is 3. The summed E-state index contributed by atoms with van der Waals surface area (Å²) in [4.78, 5) is 36.4. The van der Waals surface area contributed by atoms with Crippen LogP contribution in [0.4, 0.5) is 20.6 Å². The number of halogens is 1. The summed E-state index contributed by atoms with van der Waals surface area (Å²) in [6.07, 6.45) is -0.577. The van der Waals surface area contributed by atoms with E-state index < -0.39 is 11.9 Å². The van der Waals surface area contributed by atoms with Crippen molar-refractivity contribution in [3.63, 3.8) is 0 Å². The quantitative estimate of drug-likeness (QED) is 0.817. The highest BCUT2D eigenvalue weighted by Gasteiger charge is 2.35. The average molecular weight is 336 g/mol. The van der Waals surface area contributed by atoms with Crippen LogP contribution in [0.2, 0.25) is 0 Å². The number of hydrogen-bond donors (Lipinski definition) is 1. The van der Waals surface area contributed by atoms with E-state index in [9.17, 15) is 18.9 Å². The van der Waals surface area contributed by atoms with Crippen LogP contribution in [0.15, 0.2) is 23.4 Å². The topological polar surface area (TPSA) is 91.3 Å². The maximum Gasteiger partial charge on any atom is 0.414 e. The molecule has 1 aromatic carbocycles. The molecule has 2 saturated heterocycles. The molecule has 0 saturated carbocycles. The van der Waals surface area contributed by atoms with Gasteiger partial charge in [-0.25, -0.2) is 9.18 Å². The number of carbonyl (C=O) groups excluding carboxylic acids is 2. The van der Waals surface area contributed by atoms with Gasteiger partial charge in [-0.1, -0.05) is 5.18 Å². The number of carbonyl (C=O) groups is 2. The van der Waals surface area contributed by atoms with Crippen molar-refractivity contribution in [3.8, 4) is 0 Å². The molecule has 0 bridgehead atoms. The standard InChI is InChI=1S/C15H17FN4O4/c1-9(21)17-5-12-8-24-15(22)20(12)11-2-3-14(13(16)4-11)19-6-10(7-19)18-23/h2-4,10,12H,5-8H2,1H3,(H,17,21)/t12-/m0/s1. The smallest absolute Gasteiger partial charge is 0.414 e. The Morgan fingerprint density at radius 3 is 2.83 bits per heavy atom. The summed E-state index contributed by atoms with van der Waals surface area (Å²) in [6.45, 7) is 2.50. The minimum Gasteiger partial charge on any atom is -0.447 e. The van der Waals surface area contributed by atoms with Gasteiger partial charge in [0.1, 0.15) is 18.5 Å². The first-order valence-electron chi connectivity index (χ1n) is 7.57. The molecule has 1 N–H and O–H groups in total. The van der Waals surface area contributed by atoms with Crippen LogP contribution < -0.4 is 15.1 Å². The minimum atomic E-state index is -0.577. The lowest BCUT2D eigenvalue weighted by Crippen LogP contribution is -2.50. The molecule has 2 heterocycles. The molecule has 128 valence electrons. The molecule has 2 fully saturated rings. The first kappa shape index (κ1) is 16.2. The number of benzene rings is 1. The van der Waals surface area contributed by atoms with Gasteiger partial charge in [-0.15, -0.1) is 0 Å². The predicted octanol–water partition coefficient (Wildman–Crippen LogP) is 1.24. The van der Waals surface area contributed by atoms with Gasteiger partial charge in [-0.3, -0.25) is 9.69 Å². The molecule has 24 heavy (non-hydrogen) atoms. The molecule has 0 aromatic heterocycles. The van der Waals surface area contributed by atoms with Crippen LogP contribution in [-0.4, -0.2) is 50.3 Å². The second kappa shape index (κ2) is 6.42. The molecule has 0 aliphatic carbocycles. The van der Waals surface area contributed by atoms with Gasteiger partial charge in [-0.05, 0) is 18.2 Å². The van der Waals surface area contributed by atoms with E-state index in [-0.39, 0.29) is 31.1 Å². The SMILES string of the molecule is CC(=O)NC[C@H]1COC(=O)N1c1ccc(N2CC(N=O)C2)c(F)c1.